The molecule has 4 aromatic rings. The van der Waals surface area contributed by atoms with E-state index in [1.807, 2.05) is 60.7 Å². The van der Waals surface area contributed by atoms with E-state index in [0.29, 0.717) is 28.6 Å². The number of fused-ring (bicyclic) bond motifs is 1. The first-order chi connectivity index (χ1) is 14.6. The molecule has 0 saturated heterocycles. The molecule has 0 spiro atoms. The summed E-state index contributed by atoms with van der Waals surface area (Å²) in [5, 5.41) is 20.7. The van der Waals surface area contributed by atoms with Crippen molar-refractivity contribution in [3.8, 4) is 28.4 Å². The first kappa shape index (κ1) is 19.3. The highest BCUT2D eigenvalue weighted by Gasteiger charge is 2.10. The number of hydrogen-bond donors (Lipinski definition) is 2. The van der Waals surface area contributed by atoms with Gasteiger partial charge in [-0.25, -0.2) is 0 Å². The van der Waals surface area contributed by atoms with Crippen molar-refractivity contribution in [3.05, 3.63) is 72.8 Å². The SMILES string of the molecule is COc1cc(-c2ccc(N=Nc3c(O)ccc4ccccc34)c(OC)c2)ccc1N. The van der Waals surface area contributed by atoms with Crippen LogP contribution >= 0.6 is 0 Å². The van der Waals surface area contributed by atoms with Crippen LogP contribution in [-0.2, 0) is 0 Å². The molecule has 0 bridgehead atoms. The standard InChI is InChI=1S/C24H21N3O3/c1-29-22-13-16(7-10-19(22)25)17-8-11-20(23(14-17)30-2)26-27-24-18-6-4-3-5-15(18)9-12-21(24)28/h3-14,28H,25H2,1-2H3. The lowest BCUT2D eigenvalue weighted by molar-refractivity contribution is 0.415. The van der Waals surface area contributed by atoms with E-state index in [2.05, 4.69) is 10.2 Å². The fourth-order valence-electron chi connectivity index (χ4n) is 3.28. The van der Waals surface area contributed by atoms with Crippen LogP contribution in [-0.4, -0.2) is 19.3 Å². The van der Waals surface area contributed by atoms with Crippen molar-refractivity contribution >= 4 is 27.8 Å². The molecule has 0 aliphatic carbocycles. The molecule has 0 saturated carbocycles. The number of phenols is 1. The van der Waals surface area contributed by atoms with Gasteiger partial charge in [0.1, 0.15) is 28.6 Å². The van der Waals surface area contributed by atoms with Crippen molar-refractivity contribution in [1.82, 2.24) is 0 Å². The van der Waals surface area contributed by atoms with Gasteiger partial charge in [0.05, 0.1) is 19.9 Å². The van der Waals surface area contributed by atoms with Crippen LogP contribution in [0, 0.1) is 0 Å². The van der Waals surface area contributed by atoms with E-state index in [4.69, 9.17) is 15.2 Å². The van der Waals surface area contributed by atoms with Crippen LogP contribution in [0.5, 0.6) is 17.2 Å². The highest BCUT2D eigenvalue weighted by molar-refractivity contribution is 5.95. The Kier molecular flexibility index (Phi) is 5.22. The molecule has 150 valence electrons. The summed E-state index contributed by atoms with van der Waals surface area (Å²) in [5.41, 5.74) is 9.32. The van der Waals surface area contributed by atoms with Crippen molar-refractivity contribution in [2.45, 2.75) is 0 Å². The molecular weight excluding hydrogens is 378 g/mol. The number of azo groups is 1. The van der Waals surface area contributed by atoms with Gasteiger partial charge in [0, 0.05) is 5.39 Å². The molecule has 0 aromatic heterocycles. The average Bonchev–Trinajstić information content (AvgIpc) is 2.78. The van der Waals surface area contributed by atoms with Crippen LogP contribution in [0.1, 0.15) is 0 Å². The maximum absolute atomic E-state index is 10.3. The largest absolute Gasteiger partial charge is 0.506 e. The zero-order chi connectivity index (χ0) is 21.1. The Labute approximate surface area is 174 Å². The third-order valence-electron chi connectivity index (χ3n) is 4.88. The number of nitrogens with two attached hydrogens (primary N) is 1. The Morgan fingerprint density at radius 2 is 1.47 bits per heavy atom. The number of rotatable bonds is 5. The smallest absolute Gasteiger partial charge is 0.146 e. The summed E-state index contributed by atoms with van der Waals surface area (Å²) in [4.78, 5) is 0. The van der Waals surface area contributed by atoms with Gasteiger partial charge in [-0.2, -0.15) is 0 Å². The van der Waals surface area contributed by atoms with Crippen molar-refractivity contribution in [1.29, 1.82) is 0 Å². The number of nitrogen functional groups attached to an aromatic ring is 1. The molecule has 0 fully saturated rings. The second kappa shape index (κ2) is 8.13. The van der Waals surface area contributed by atoms with E-state index in [1.54, 1.807) is 26.4 Å². The van der Waals surface area contributed by atoms with Gasteiger partial charge in [-0.3, -0.25) is 0 Å². The molecule has 4 aromatic carbocycles. The van der Waals surface area contributed by atoms with E-state index in [0.717, 1.165) is 21.9 Å². The molecule has 0 aliphatic rings. The lowest BCUT2D eigenvalue weighted by Crippen LogP contribution is -1.92. The molecule has 0 atom stereocenters. The lowest BCUT2D eigenvalue weighted by atomic mass is 10.0. The van der Waals surface area contributed by atoms with Crippen LogP contribution in [0.25, 0.3) is 21.9 Å². The van der Waals surface area contributed by atoms with E-state index >= 15 is 0 Å². The quantitative estimate of drug-likeness (QED) is 0.308. The van der Waals surface area contributed by atoms with E-state index < -0.39 is 0 Å². The number of ether oxygens (including phenoxy) is 2. The summed E-state index contributed by atoms with van der Waals surface area (Å²) in [7, 11) is 3.17. The number of anilines is 1. The number of nitrogens with zero attached hydrogens (tertiary/aromatic N) is 2. The molecule has 6 nitrogen and oxygen atoms in total. The van der Waals surface area contributed by atoms with Crippen LogP contribution in [0.2, 0.25) is 0 Å². The Hall–Kier alpha value is -4.06. The molecule has 4 rings (SSSR count). The average molecular weight is 399 g/mol. The number of benzene rings is 4. The topological polar surface area (TPSA) is 89.4 Å². The third kappa shape index (κ3) is 3.63. The van der Waals surface area contributed by atoms with E-state index in [-0.39, 0.29) is 5.75 Å². The molecule has 0 radical (unpaired) electrons. The van der Waals surface area contributed by atoms with Gasteiger partial charge in [-0.05, 0) is 46.8 Å². The summed E-state index contributed by atoms with van der Waals surface area (Å²) < 4.78 is 10.8. The van der Waals surface area contributed by atoms with Crippen LogP contribution < -0.4 is 15.2 Å². The minimum Gasteiger partial charge on any atom is -0.506 e. The van der Waals surface area contributed by atoms with Gasteiger partial charge >= 0.3 is 0 Å². The lowest BCUT2D eigenvalue weighted by Gasteiger charge is -2.10. The summed E-state index contributed by atoms with van der Waals surface area (Å²) in [5.74, 6) is 1.25. The molecule has 0 unspecified atom stereocenters. The molecule has 0 heterocycles. The number of hydrogen-bond acceptors (Lipinski definition) is 6. The summed E-state index contributed by atoms with van der Waals surface area (Å²) in [6, 6.07) is 22.4. The monoisotopic (exact) mass is 399 g/mol. The number of aromatic hydroxyl groups is 1. The normalized spacial score (nSPS) is 11.1. The van der Waals surface area contributed by atoms with Gasteiger partial charge in [-0.15, -0.1) is 10.2 Å². The third-order valence-corrected chi connectivity index (χ3v) is 4.88. The van der Waals surface area contributed by atoms with Crippen LogP contribution in [0.3, 0.4) is 0 Å². The highest BCUT2D eigenvalue weighted by Crippen LogP contribution is 2.39. The molecule has 0 aliphatic heterocycles. The maximum Gasteiger partial charge on any atom is 0.146 e. The second-order valence-corrected chi connectivity index (χ2v) is 6.70. The first-order valence-electron chi connectivity index (χ1n) is 9.35. The Morgan fingerprint density at radius 3 is 2.23 bits per heavy atom. The zero-order valence-corrected chi connectivity index (χ0v) is 16.7. The number of phenolic OH excluding ortho intramolecular Hbond substituents is 1. The molecule has 0 amide bonds. The van der Waals surface area contributed by atoms with Gasteiger partial charge in [-0.1, -0.05) is 42.5 Å². The first-order valence-corrected chi connectivity index (χ1v) is 9.35. The predicted molar refractivity (Wildman–Crippen MR) is 119 cm³/mol. The van der Waals surface area contributed by atoms with Gasteiger partial charge in [0.25, 0.3) is 0 Å². The van der Waals surface area contributed by atoms with Gasteiger partial charge in [0.2, 0.25) is 0 Å². The minimum atomic E-state index is 0.0713. The van der Waals surface area contributed by atoms with E-state index in [1.165, 1.54) is 0 Å². The number of methoxy groups -OCH3 is 2. The van der Waals surface area contributed by atoms with Gasteiger partial charge in [0.15, 0.2) is 0 Å². The van der Waals surface area contributed by atoms with Crippen molar-refractivity contribution in [2.75, 3.05) is 20.0 Å². The van der Waals surface area contributed by atoms with Crippen LogP contribution in [0.15, 0.2) is 83.0 Å². The highest BCUT2D eigenvalue weighted by atomic mass is 16.5. The molecular formula is C24H21N3O3. The molecule has 3 N–H and O–H groups in total. The summed E-state index contributed by atoms with van der Waals surface area (Å²) >= 11 is 0. The van der Waals surface area contributed by atoms with Crippen molar-refractivity contribution in [2.24, 2.45) is 10.2 Å². The second-order valence-electron chi connectivity index (χ2n) is 6.70. The fourth-order valence-corrected chi connectivity index (χ4v) is 3.28. The molecule has 6 heteroatoms. The Morgan fingerprint density at radius 1 is 0.767 bits per heavy atom. The summed E-state index contributed by atoms with van der Waals surface area (Å²) in [6.07, 6.45) is 0. The predicted octanol–water partition coefficient (Wildman–Crippen LogP) is 6.23. The van der Waals surface area contributed by atoms with Crippen molar-refractivity contribution in [3.63, 3.8) is 0 Å². The Balaban J connectivity index is 1.72. The Bertz CT molecular complexity index is 1250. The maximum atomic E-state index is 10.3. The van der Waals surface area contributed by atoms with E-state index in [9.17, 15) is 5.11 Å². The zero-order valence-electron chi connectivity index (χ0n) is 16.7. The van der Waals surface area contributed by atoms with Crippen molar-refractivity contribution < 1.29 is 14.6 Å². The van der Waals surface area contributed by atoms with Gasteiger partial charge < -0.3 is 20.3 Å². The summed E-state index contributed by atoms with van der Waals surface area (Å²) in [6.45, 7) is 0. The fraction of sp³-hybridized carbons (Fsp3) is 0.0833. The van der Waals surface area contributed by atoms with Crippen LogP contribution in [0.4, 0.5) is 17.1 Å². The molecule has 30 heavy (non-hydrogen) atoms. The minimum absolute atomic E-state index is 0.0713.